The molecular formula is C28H32O3. The normalized spacial score (nSPS) is 11.3. The van der Waals surface area contributed by atoms with Crippen molar-refractivity contribution in [2.24, 2.45) is 5.41 Å². The maximum Gasteiger partial charge on any atom is 0.168 e. The maximum atomic E-state index is 12.4. The van der Waals surface area contributed by atoms with Crippen molar-refractivity contribution in [3.8, 4) is 22.6 Å². The monoisotopic (exact) mass is 416 g/mol. The Balaban J connectivity index is 0.00000166. The molecule has 0 amide bonds. The SMILES string of the molecule is C=O.CC(C)(C)C(=O)c1ccc(-c2ccc(Oc3ccc(C(C)(C)C)cc3)cc2)cc1. The molecule has 31 heavy (non-hydrogen) atoms. The molecule has 0 fully saturated rings. The highest BCUT2D eigenvalue weighted by Gasteiger charge is 2.22. The first-order valence-electron chi connectivity index (χ1n) is 10.4. The smallest absolute Gasteiger partial charge is 0.168 e. The highest BCUT2D eigenvalue weighted by Crippen LogP contribution is 2.29. The Morgan fingerprint density at radius 1 is 0.645 bits per heavy atom. The molecule has 3 aromatic carbocycles. The van der Waals surface area contributed by atoms with E-state index in [9.17, 15) is 4.79 Å². The summed E-state index contributed by atoms with van der Waals surface area (Å²) in [5.41, 5.74) is 3.97. The van der Waals surface area contributed by atoms with E-state index in [1.54, 1.807) is 0 Å². The molecule has 0 aliphatic heterocycles. The zero-order chi connectivity index (χ0) is 23.2. The summed E-state index contributed by atoms with van der Waals surface area (Å²) in [4.78, 5) is 20.4. The molecule has 3 aromatic rings. The standard InChI is InChI=1S/C27H30O2.CH2O/c1-26(2,3)22-13-17-24(18-14-22)29-23-15-11-20(12-16-23)19-7-9-21(10-8-19)25(28)27(4,5)6;1-2/h7-18H,1-6H3;1H2. The molecule has 0 saturated heterocycles. The molecule has 3 nitrogen and oxygen atoms in total. The van der Waals surface area contributed by atoms with Crippen LogP contribution in [-0.2, 0) is 10.2 Å². The summed E-state index contributed by atoms with van der Waals surface area (Å²) in [7, 11) is 0. The van der Waals surface area contributed by atoms with Gasteiger partial charge in [-0.15, -0.1) is 0 Å². The van der Waals surface area contributed by atoms with Crippen LogP contribution in [0.2, 0.25) is 0 Å². The number of ketones is 1. The third-order valence-electron chi connectivity index (χ3n) is 4.97. The molecule has 3 heteroatoms. The van der Waals surface area contributed by atoms with Gasteiger partial charge >= 0.3 is 0 Å². The van der Waals surface area contributed by atoms with Gasteiger partial charge in [0.25, 0.3) is 0 Å². The molecule has 0 N–H and O–H groups in total. The van der Waals surface area contributed by atoms with Gasteiger partial charge in [0.15, 0.2) is 5.78 Å². The molecule has 0 spiro atoms. The molecular weight excluding hydrogens is 384 g/mol. The number of carbonyl (C=O) groups is 2. The minimum atomic E-state index is -0.369. The second-order valence-electron chi connectivity index (χ2n) is 9.56. The van der Waals surface area contributed by atoms with Gasteiger partial charge in [0.1, 0.15) is 18.3 Å². The second-order valence-corrected chi connectivity index (χ2v) is 9.56. The van der Waals surface area contributed by atoms with Gasteiger partial charge in [-0.3, -0.25) is 4.79 Å². The quantitative estimate of drug-likeness (QED) is 0.414. The molecule has 0 radical (unpaired) electrons. The van der Waals surface area contributed by atoms with Crippen LogP contribution in [0.3, 0.4) is 0 Å². The summed E-state index contributed by atoms with van der Waals surface area (Å²) in [6.07, 6.45) is 0. The van der Waals surface area contributed by atoms with E-state index in [0.29, 0.717) is 0 Å². The van der Waals surface area contributed by atoms with Crippen LogP contribution >= 0.6 is 0 Å². The maximum absolute atomic E-state index is 12.4. The molecule has 0 bridgehead atoms. The van der Waals surface area contributed by atoms with Crippen LogP contribution in [0.4, 0.5) is 0 Å². The first-order valence-corrected chi connectivity index (χ1v) is 10.4. The van der Waals surface area contributed by atoms with Crippen molar-refractivity contribution in [3.05, 3.63) is 83.9 Å². The Labute approximate surface area is 186 Å². The number of benzene rings is 3. The van der Waals surface area contributed by atoms with E-state index in [2.05, 4.69) is 32.9 Å². The van der Waals surface area contributed by atoms with Crippen molar-refractivity contribution in [2.45, 2.75) is 47.0 Å². The molecule has 0 unspecified atom stereocenters. The van der Waals surface area contributed by atoms with Crippen molar-refractivity contribution >= 4 is 12.6 Å². The van der Waals surface area contributed by atoms with E-state index in [0.717, 1.165) is 28.2 Å². The predicted octanol–water partition coefficient (Wildman–Crippen LogP) is 7.49. The van der Waals surface area contributed by atoms with E-state index in [4.69, 9.17) is 9.53 Å². The van der Waals surface area contributed by atoms with Crippen molar-refractivity contribution in [2.75, 3.05) is 0 Å². The highest BCUT2D eigenvalue weighted by atomic mass is 16.5. The van der Waals surface area contributed by atoms with Crippen molar-refractivity contribution in [3.63, 3.8) is 0 Å². The zero-order valence-electron chi connectivity index (χ0n) is 19.4. The lowest BCUT2D eigenvalue weighted by molar-refractivity contribution is -0.0980. The first kappa shape index (κ1) is 24.1. The Morgan fingerprint density at radius 3 is 1.42 bits per heavy atom. The fourth-order valence-electron chi connectivity index (χ4n) is 3.12. The minimum Gasteiger partial charge on any atom is -0.457 e. The van der Waals surface area contributed by atoms with Gasteiger partial charge in [-0.05, 0) is 46.4 Å². The van der Waals surface area contributed by atoms with E-state index in [-0.39, 0.29) is 16.6 Å². The fourth-order valence-corrected chi connectivity index (χ4v) is 3.12. The number of Topliss-reactive ketones (excluding diaryl/α,β-unsaturated/α-hetero) is 1. The Bertz CT molecular complexity index is 985. The summed E-state index contributed by atoms with van der Waals surface area (Å²) in [5.74, 6) is 1.79. The van der Waals surface area contributed by atoms with Gasteiger partial charge < -0.3 is 9.53 Å². The third-order valence-corrected chi connectivity index (χ3v) is 4.97. The van der Waals surface area contributed by atoms with Crippen LogP contribution in [0, 0.1) is 5.41 Å². The summed E-state index contributed by atoms with van der Waals surface area (Å²) >= 11 is 0. The van der Waals surface area contributed by atoms with Crippen molar-refractivity contribution in [1.82, 2.24) is 0 Å². The Morgan fingerprint density at radius 2 is 1.03 bits per heavy atom. The topological polar surface area (TPSA) is 43.4 Å². The number of ether oxygens (including phenoxy) is 1. The van der Waals surface area contributed by atoms with Crippen LogP contribution < -0.4 is 4.74 Å². The van der Waals surface area contributed by atoms with Crippen LogP contribution in [0.25, 0.3) is 11.1 Å². The molecule has 0 saturated carbocycles. The highest BCUT2D eigenvalue weighted by molar-refractivity contribution is 6.00. The number of carbonyl (C=O) groups excluding carboxylic acids is 2. The van der Waals surface area contributed by atoms with Crippen LogP contribution in [0.15, 0.2) is 72.8 Å². The van der Waals surface area contributed by atoms with E-state index >= 15 is 0 Å². The van der Waals surface area contributed by atoms with Gasteiger partial charge in [0, 0.05) is 11.0 Å². The van der Waals surface area contributed by atoms with Gasteiger partial charge in [-0.25, -0.2) is 0 Å². The summed E-state index contributed by atoms with van der Waals surface area (Å²) < 4.78 is 5.98. The molecule has 0 aromatic heterocycles. The number of hydrogen-bond donors (Lipinski definition) is 0. The van der Waals surface area contributed by atoms with E-state index in [1.807, 2.05) is 88.2 Å². The molecule has 0 aliphatic rings. The van der Waals surface area contributed by atoms with Gasteiger partial charge in [-0.2, -0.15) is 0 Å². The molecule has 0 aliphatic carbocycles. The fraction of sp³-hybridized carbons (Fsp3) is 0.286. The van der Waals surface area contributed by atoms with Crippen LogP contribution in [0.5, 0.6) is 11.5 Å². The Kier molecular flexibility index (Phi) is 7.56. The third kappa shape index (κ3) is 6.39. The lowest BCUT2D eigenvalue weighted by Gasteiger charge is -2.19. The summed E-state index contributed by atoms with van der Waals surface area (Å²) in [6, 6.07) is 24.1. The summed E-state index contributed by atoms with van der Waals surface area (Å²) in [6.45, 7) is 14.4. The first-order chi connectivity index (χ1) is 14.5. The van der Waals surface area contributed by atoms with Gasteiger partial charge in [0.2, 0.25) is 0 Å². The Hall–Kier alpha value is -3.20. The average Bonchev–Trinajstić information content (AvgIpc) is 2.74. The average molecular weight is 417 g/mol. The molecule has 0 atom stereocenters. The molecule has 0 heterocycles. The van der Waals surface area contributed by atoms with Crippen LogP contribution in [0.1, 0.15) is 57.5 Å². The second kappa shape index (κ2) is 9.74. The van der Waals surface area contributed by atoms with E-state index < -0.39 is 0 Å². The van der Waals surface area contributed by atoms with Gasteiger partial charge in [0.05, 0.1) is 0 Å². The zero-order valence-corrected chi connectivity index (χ0v) is 19.4. The molecule has 3 rings (SSSR count). The summed E-state index contributed by atoms with van der Waals surface area (Å²) in [5, 5.41) is 0. The lowest BCUT2D eigenvalue weighted by Crippen LogP contribution is -2.19. The predicted molar refractivity (Wildman–Crippen MR) is 128 cm³/mol. The minimum absolute atomic E-state index is 0.132. The van der Waals surface area contributed by atoms with Crippen LogP contribution in [-0.4, -0.2) is 12.6 Å². The van der Waals surface area contributed by atoms with Gasteiger partial charge in [-0.1, -0.05) is 90.1 Å². The largest absolute Gasteiger partial charge is 0.457 e. The number of hydrogen-bond acceptors (Lipinski definition) is 3. The number of rotatable bonds is 4. The lowest BCUT2D eigenvalue weighted by atomic mass is 9.86. The van der Waals surface area contributed by atoms with E-state index in [1.165, 1.54) is 5.56 Å². The molecule has 162 valence electrons. The van der Waals surface area contributed by atoms with Crippen molar-refractivity contribution in [1.29, 1.82) is 0 Å². The van der Waals surface area contributed by atoms with Crippen molar-refractivity contribution < 1.29 is 14.3 Å².